The molecule has 0 atom stereocenters. The predicted octanol–water partition coefficient (Wildman–Crippen LogP) is 0.305. The van der Waals surface area contributed by atoms with E-state index in [2.05, 4.69) is 8.43 Å². The van der Waals surface area contributed by atoms with E-state index < -0.39 is 8.25 Å². The smallest absolute Gasteiger partial charge is 0.177 e. The Kier molecular flexibility index (Phi) is 2.14. The topological polar surface area (TPSA) is 35.5 Å². The van der Waals surface area contributed by atoms with Crippen molar-refractivity contribution in [3.05, 3.63) is 0 Å². The first-order valence-corrected chi connectivity index (χ1v) is 4.99. The summed E-state index contributed by atoms with van der Waals surface area (Å²) >= 11 is 0. The van der Waals surface area contributed by atoms with E-state index >= 15 is 0 Å². The lowest BCUT2D eigenvalue weighted by Gasteiger charge is -1.90. The van der Waals surface area contributed by atoms with Gasteiger partial charge in [-0.15, -0.1) is 0 Å². The van der Waals surface area contributed by atoms with Crippen LogP contribution >= 0.6 is 8.25 Å². The van der Waals surface area contributed by atoms with E-state index in [9.17, 15) is 4.57 Å². The average Bonchev–Trinajstić information content (AvgIpc) is 1.69. The van der Waals surface area contributed by atoms with Crippen molar-refractivity contribution < 1.29 is 13.0 Å². The van der Waals surface area contributed by atoms with E-state index in [1.807, 2.05) is 0 Å². The SMILES string of the molecule is O=[P+]1O[Si]C[Si]O1. The predicted molar refractivity (Wildman–Crippen MR) is 26.1 cm³/mol. The summed E-state index contributed by atoms with van der Waals surface area (Å²) in [5.74, 6) is 0. The van der Waals surface area contributed by atoms with Gasteiger partial charge in [-0.3, -0.25) is 0 Å². The minimum Gasteiger partial charge on any atom is -0.177 e. The molecule has 0 N–H and O–H groups in total. The lowest BCUT2D eigenvalue weighted by Crippen LogP contribution is -2.06. The van der Waals surface area contributed by atoms with Gasteiger partial charge in [0.25, 0.3) is 0 Å². The maximum Gasteiger partial charge on any atom is 0.672 e. The summed E-state index contributed by atoms with van der Waals surface area (Å²) in [5, 5.41) is 0. The highest BCUT2D eigenvalue weighted by atomic mass is 31.1. The molecule has 0 amide bonds. The summed E-state index contributed by atoms with van der Waals surface area (Å²) in [7, 11) is -0.946. The van der Waals surface area contributed by atoms with Crippen molar-refractivity contribution in [2.45, 2.75) is 5.67 Å². The maximum atomic E-state index is 10.2. The Balaban J connectivity index is 2.25. The van der Waals surface area contributed by atoms with E-state index in [1.54, 1.807) is 0 Å². The standard InChI is InChI=1S/CH2O3PSi2/c2-5-3-6-1-7-4-5/h1H2/q+1. The quantitative estimate of drug-likeness (QED) is 0.367. The van der Waals surface area contributed by atoms with Crippen molar-refractivity contribution in [1.29, 1.82) is 0 Å². The van der Waals surface area contributed by atoms with Gasteiger partial charge in [0.05, 0.1) is 0 Å². The Morgan fingerprint density at radius 1 is 1.43 bits per heavy atom. The van der Waals surface area contributed by atoms with E-state index in [1.165, 1.54) is 0 Å². The summed E-state index contributed by atoms with van der Waals surface area (Å²) in [6, 6.07) is 0. The van der Waals surface area contributed by atoms with Crippen LogP contribution in [0.5, 0.6) is 0 Å². The molecule has 0 saturated carbocycles. The Morgan fingerprint density at radius 3 is 2.29 bits per heavy atom. The molecule has 0 aromatic rings. The molecule has 0 bridgehead atoms. The van der Waals surface area contributed by atoms with Crippen LogP contribution in [0.3, 0.4) is 0 Å². The van der Waals surface area contributed by atoms with Gasteiger partial charge in [-0.25, -0.2) is 0 Å². The second-order valence-corrected chi connectivity index (χ2v) is 4.77. The van der Waals surface area contributed by atoms with E-state index in [4.69, 9.17) is 0 Å². The molecule has 1 saturated heterocycles. The molecule has 36 valence electrons. The van der Waals surface area contributed by atoms with Crippen LogP contribution in [0.4, 0.5) is 0 Å². The van der Waals surface area contributed by atoms with Gasteiger partial charge in [-0.2, -0.15) is 8.43 Å². The fourth-order valence-electron chi connectivity index (χ4n) is 0.218. The van der Waals surface area contributed by atoms with Gasteiger partial charge >= 0.3 is 27.8 Å². The van der Waals surface area contributed by atoms with Crippen LogP contribution in [0.2, 0.25) is 5.67 Å². The number of hydrogen-bond acceptors (Lipinski definition) is 3. The first-order chi connectivity index (χ1) is 3.39. The molecule has 7 heavy (non-hydrogen) atoms. The second kappa shape index (κ2) is 2.69. The highest BCUT2D eigenvalue weighted by Crippen LogP contribution is 2.25. The monoisotopic (exact) mass is 149 g/mol. The third-order valence-corrected chi connectivity index (χ3v) is 3.80. The lowest BCUT2D eigenvalue weighted by atomic mass is 11.9. The molecular formula is CH2O3PSi2+. The van der Waals surface area contributed by atoms with Crippen molar-refractivity contribution in [3.8, 4) is 0 Å². The van der Waals surface area contributed by atoms with E-state index in [-0.39, 0.29) is 0 Å². The van der Waals surface area contributed by atoms with Gasteiger partial charge in [0.2, 0.25) is 0 Å². The molecular weight excluding hydrogens is 147 g/mol. The summed E-state index contributed by atoms with van der Waals surface area (Å²) in [5.41, 5.74) is 0.918. The van der Waals surface area contributed by atoms with Crippen molar-refractivity contribution in [2.24, 2.45) is 0 Å². The molecule has 1 rings (SSSR count). The number of rotatable bonds is 0. The lowest BCUT2D eigenvalue weighted by molar-refractivity contribution is 0.426. The van der Waals surface area contributed by atoms with Gasteiger partial charge in [0.15, 0.2) is 0 Å². The third-order valence-electron chi connectivity index (χ3n) is 0.423. The molecule has 1 aliphatic heterocycles. The Hall–Kier alpha value is 0.454. The normalized spacial score (nSPS) is 22.6. The molecule has 3 nitrogen and oxygen atoms in total. The molecule has 4 radical (unpaired) electrons. The van der Waals surface area contributed by atoms with Crippen LogP contribution in [0.1, 0.15) is 0 Å². The molecule has 1 fully saturated rings. The van der Waals surface area contributed by atoms with Gasteiger partial charge in [-0.1, -0.05) is 0 Å². The zero-order valence-electron chi connectivity index (χ0n) is 3.38. The largest absolute Gasteiger partial charge is 0.672 e. The van der Waals surface area contributed by atoms with Crippen LogP contribution in [0.25, 0.3) is 0 Å². The molecule has 1 heterocycles. The fraction of sp³-hybridized carbons (Fsp3) is 1.00. The third kappa shape index (κ3) is 1.79. The highest BCUT2D eigenvalue weighted by Gasteiger charge is 2.25. The van der Waals surface area contributed by atoms with Crippen LogP contribution in [-0.4, -0.2) is 19.5 Å². The summed E-state index contributed by atoms with van der Waals surface area (Å²) in [6.45, 7) is 0. The molecule has 0 spiro atoms. The van der Waals surface area contributed by atoms with Crippen molar-refractivity contribution in [1.82, 2.24) is 0 Å². The summed E-state index contributed by atoms with van der Waals surface area (Å²) in [6.07, 6.45) is 0. The molecule has 0 unspecified atom stereocenters. The minimum absolute atomic E-state index is 0.386. The zero-order chi connectivity index (χ0) is 5.11. The van der Waals surface area contributed by atoms with Crippen LogP contribution < -0.4 is 0 Å². The molecule has 0 aliphatic carbocycles. The van der Waals surface area contributed by atoms with Gasteiger partial charge in [-0.05, 0) is 5.67 Å². The van der Waals surface area contributed by atoms with Gasteiger partial charge in [0.1, 0.15) is 0 Å². The molecule has 0 aromatic heterocycles. The van der Waals surface area contributed by atoms with Crippen molar-refractivity contribution in [3.63, 3.8) is 0 Å². The van der Waals surface area contributed by atoms with Crippen LogP contribution in [0.15, 0.2) is 0 Å². The summed E-state index contributed by atoms with van der Waals surface area (Å²) in [4.78, 5) is 0. The highest BCUT2D eigenvalue weighted by molar-refractivity contribution is 7.36. The van der Waals surface area contributed by atoms with Crippen molar-refractivity contribution in [2.75, 3.05) is 0 Å². The Labute approximate surface area is 47.2 Å². The first-order valence-electron chi connectivity index (χ1n) is 1.66. The van der Waals surface area contributed by atoms with Gasteiger partial charge in [0, 0.05) is 4.57 Å². The van der Waals surface area contributed by atoms with Crippen LogP contribution in [0, 0.1) is 0 Å². The fourth-order valence-corrected chi connectivity index (χ4v) is 3.46. The summed E-state index contributed by atoms with van der Waals surface area (Å²) < 4.78 is 19.4. The van der Waals surface area contributed by atoms with Crippen molar-refractivity contribution >= 4 is 27.8 Å². The Morgan fingerprint density at radius 2 is 2.00 bits per heavy atom. The van der Waals surface area contributed by atoms with E-state index in [0.29, 0.717) is 19.5 Å². The minimum atomic E-state index is -1.72. The zero-order valence-corrected chi connectivity index (χ0v) is 6.27. The second-order valence-electron chi connectivity index (χ2n) is 0.872. The average molecular weight is 149 g/mol. The molecule has 1 aliphatic rings. The Bertz CT molecular complexity index is 77.0. The van der Waals surface area contributed by atoms with Crippen LogP contribution in [-0.2, 0) is 13.0 Å². The molecule has 6 heteroatoms. The van der Waals surface area contributed by atoms with E-state index in [0.717, 1.165) is 5.67 Å². The maximum absolute atomic E-state index is 10.2. The van der Waals surface area contributed by atoms with Gasteiger partial charge < -0.3 is 0 Å². The number of hydrogen-bond donors (Lipinski definition) is 0. The first kappa shape index (κ1) is 5.59. The molecule has 0 aromatic carbocycles.